The van der Waals surface area contributed by atoms with Crippen LogP contribution in [0.5, 0.6) is 0 Å². The van der Waals surface area contributed by atoms with Gasteiger partial charge in [-0.25, -0.2) is 0 Å². The number of hydrogen-bond acceptors (Lipinski definition) is 2. The Morgan fingerprint density at radius 3 is 2.53 bits per heavy atom. The third-order valence-electron chi connectivity index (χ3n) is 3.09. The summed E-state index contributed by atoms with van der Waals surface area (Å²) < 4.78 is 5.48. The van der Waals surface area contributed by atoms with Gasteiger partial charge in [0, 0.05) is 13.2 Å². The van der Waals surface area contributed by atoms with Crippen molar-refractivity contribution < 1.29 is 4.74 Å². The Bertz CT molecular complexity index is 312. The van der Waals surface area contributed by atoms with Gasteiger partial charge >= 0.3 is 0 Å². The van der Waals surface area contributed by atoms with E-state index in [9.17, 15) is 0 Å². The summed E-state index contributed by atoms with van der Waals surface area (Å²) in [5.41, 5.74) is 2.65. The number of rotatable bonds is 8. The summed E-state index contributed by atoms with van der Waals surface area (Å²) in [6, 6.07) is 8.50. The molecule has 0 amide bonds. The fourth-order valence-corrected chi connectivity index (χ4v) is 1.68. The zero-order chi connectivity index (χ0) is 12.5. The average Bonchev–Trinajstić information content (AvgIpc) is 2.37. The monoisotopic (exact) mass is 235 g/mol. The predicted octanol–water partition coefficient (Wildman–Crippen LogP) is 3.36. The lowest BCUT2D eigenvalue weighted by atomic mass is 10.1. The Hall–Kier alpha value is -0.860. The van der Waals surface area contributed by atoms with E-state index in [1.807, 2.05) is 6.92 Å². The second-order valence-electron chi connectivity index (χ2n) is 4.55. The van der Waals surface area contributed by atoms with Gasteiger partial charge in [-0.3, -0.25) is 0 Å². The summed E-state index contributed by atoms with van der Waals surface area (Å²) in [6.07, 6.45) is 1.23. The van der Waals surface area contributed by atoms with Crippen LogP contribution < -0.4 is 5.32 Å². The lowest BCUT2D eigenvalue weighted by Crippen LogP contribution is -2.21. The molecule has 0 aliphatic carbocycles. The standard InChI is InChI=1S/C15H25NO/c1-4-13(3)10-16-11-14-8-6-7-9-15(14)12-17-5-2/h6-9,13,16H,4-5,10-12H2,1-3H3. The number of benzene rings is 1. The van der Waals surface area contributed by atoms with E-state index in [1.54, 1.807) is 0 Å². The highest BCUT2D eigenvalue weighted by Gasteiger charge is 2.02. The molecule has 1 rings (SSSR count). The van der Waals surface area contributed by atoms with Crippen LogP contribution in [-0.2, 0) is 17.9 Å². The Balaban J connectivity index is 2.45. The average molecular weight is 235 g/mol. The zero-order valence-corrected chi connectivity index (χ0v) is 11.3. The first kappa shape index (κ1) is 14.2. The van der Waals surface area contributed by atoms with Crippen molar-refractivity contribution in [1.82, 2.24) is 5.32 Å². The number of nitrogens with one attached hydrogen (secondary N) is 1. The van der Waals surface area contributed by atoms with Gasteiger partial charge in [0.05, 0.1) is 6.61 Å². The summed E-state index contributed by atoms with van der Waals surface area (Å²) in [5.74, 6) is 0.744. The van der Waals surface area contributed by atoms with Crippen LogP contribution in [0.2, 0.25) is 0 Å². The summed E-state index contributed by atoms with van der Waals surface area (Å²) in [5, 5.41) is 3.51. The highest BCUT2D eigenvalue weighted by atomic mass is 16.5. The summed E-state index contributed by atoms with van der Waals surface area (Å²) >= 11 is 0. The van der Waals surface area contributed by atoms with Crippen molar-refractivity contribution in [1.29, 1.82) is 0 Å². The number of ether oxygens (including phenoxy) is 1. The fourth-order valence-electron chi connectivity index (χ4n) is 1.68. The van der Waals surface area contributed by atoms with E-state index in [0.29, 0.717) is 0 Å². The maximum absolute atomic E-state index is 5.48. The molecule has 0 spiro atoms. The smallest absolute Gasteiger partial charge is 0.0719 e. The molecule has 0 aliphatic rings. The van der Waals surface area contributed by atoms with Crippen LogP contribution in [0.4, 0.5) is 0 Å². The van der Waals surface area contributed by atoms with Gasteiger partial charge in [0.2, 0.25) is 0 Å². The molecule has 1 aromatic carbocycles. The largest absolute Gasteiger partial charge is 0.377 e. The maximum atomic E-state index is 5.48. The summed E-state index contributed by atoms with van der Waals surface area (Å²) in [7, 11) is 0. The first-order valence-corrected chi connectivity index (χ1v) is 6.63. The van der Waals surface area contributed by atoms with Gasteiger partial charge in [-0.2, -0.15) is 0 Å². The van der Waals surface area contributed by atoms with Crippen molar-refractivity contribution >= 4 is 0 Å². The summed E-state index contributed by atoms with van der Waals surface area (Å²) in [6.45, 7) is 10.1. The zero-order valence-electron chi connectivity index (χ0n) is 11.3. The van der Waals surface area contributed by atoms with Crippen LogP contribution in [0.3, 0.4) is 0 Å². The minimum atomic E-state index is 0.720. The number of hydrogen-bond donors (Lipinski definition) is 1. The molecule has 0 aromatic heterocycles. The minimum Gasteiger partial charge on any atom is -0.377 e. The molecule has 0 fully saturated rings. The van der Waals surface area contributed by atoms with Gasteiger partial charge in [0.25, 0.3) is 0 Å². The van der Waals surface area contributed by atoms with E-state index in [2.05, 4.69) is 43.4 Å². The van der Waals surface area contributed by atoms with Crippen molar-refractivity contribution in [3.63, 3.8) is 0 Å². The van der Waals surface area contributed by atoms with Crippen molar-refractivity contribution in [2.24, 2.45) is 5.92 Å². The highest BCUT2D eigenvalue weighted by Crippen LogP contribution is 2.10. The molecular weight excluding hydrogens is 210 g/mol. The van der Waals surface area contributed by atoms with E-state index in [-0.39, 0.29) is 0 Å². The Morgan fingerprint density at radius 2 is 1.88 bits per heavy atom. The molecule has 17 heavy (non-hydrogen) atoms. The van der Waals surface area contributed by atoms with Gasteiger partial charge in [-0.05, 0) is 30.5 Å². The van der Waals surface area contributed by atoms with Crippen LogP contribution in [-0.4, -0.2) is 13.2 Å². The molecule has 2 nitrogen and oxygen atoms in total. The van der Waals surface area contributed by atoms with Crippen LogP contribution in [0.1, 0.15) is 38.3 Å². The first-order chi connectivity index (χ1) is 8.27. The summed E-state index contributed by atoms with van der Waals surface area (Å²) in [4.78, 5) is 0. The maximum Gasteiger partial charge on any atom is 0.0719 e. The SMILES string of the molecule is CCOCc1ccccc1CNCC(C)CC. The molecular formula is C15H25NO. The van der Waals surface area contributed by atoms with Crippen LogP contribution in [0.15, 0.2) is 24.3 Å². The third-order valence-corrected chi connectivity index (χ3v) is 3.09. The van der Waals surface area contributed by atoms with E-state index in [4.69, 9.17) is 4.74 Å². The quantitative estimate of drug-likeness (QED) is 0.746. The normalized spacial score (nSPS) is 12.6. The molecule has 1 unspecified atom stereocenters. The molecule has 0 heterocycles. The van der Waals surface area contributed by atoms with Crippen LogP contribution >= 0.6 is 0 Å². The predicted molar refractivity (Wildman–Crippen MR) is 72.9 cm³/mol. The molecule has 0 radical (unpaired) electrons. The van der Waals surface area contributed by atoms with Crippen LogP contribution in [0.25, 0.3) is 0 Å². The lowest BCUT2D eigenvalue weighted by Gasteiger charge is -2.13. The molecule has 0 bridgehead atoms. The van der Waals surface area contributed by atoms with Crippen molar-refractivity contribution in [3.8, 4) is 0 Å². The van der Waals surface area contributed by atoms with E-state index in [0.717, 1.165) is 32.2 Å². The Labute approximate surface area is 105 Å². The van der Waals surface area contributed by atoms with Gasteiger partial charge in [-0.1, -0.05) is 44.5 Å². The lowest BCUT2D eigenvalue weighted by molar-refractivity contribution is 0.133. The molecule has 2 heteroatoms. The van der Waals surface area contributed by atoms with Crippen molar-refractivity contribution in [3.05, 3.63) is 35.4 Å². The van der Waals surface area contributed by atoms with Crippen molar-refractivity contribution in [2.45, 2.75) is 40.3 Å². The van der Waals surface area contributed by atoms with Crippen LogP contribution in [0, 0.1) is 5.92 Å². The van der Waals surface area contributed by atoms with Gasteiger partial charge in [0.15, 0.2) is 0 Å². The molecule has 1 aromatic rings. The minimum absolute atomic E-state index is 0.720. The Morgan fingerprint density at radius 1 is 1.18 bits per heavy atom. The molecule has 0 saturated carbocycles. The fraction of sp³-hybridized carbons (Fsp3) is 0.600. The molecule has 1 atom stereocenters. The second-order valence-corrected chi connectivity index (χ2v) is 4.55. The van der Waals surface area contributed by atoms with Gasteiger partial charge < -0.3 is 10.1 Å². The second kappa shape index (κ2) is 8.26. The first-order valence-electron chi connectivity index (χ1n) is 6.63. The highest BCUT2D eigenvalue weighted by molar-refractivity contribution is 5.26. The van der Waals surface area contributed by atoms with E-state index < -0.39 is 0 Å². The Kier molecular flexibility index (Phi) is 6.90. The molecule has 0 aliphatic heterocycles. The van der Waals surface area contributed by atoms with Crippen molar-refractivity contribution in [2.75, 3.05) is 13.2 Å². The third kappa shape index (κ3) is 5.33. The van der Waals surface area contributed by atoms with Gasteiger partial charge in [-0.15, -0.1) is 0 Å². The molecule has 1 N–H and O–H groups in total. The molecule has 96 valence electrons. The van der Waals surface area contributed by atoms with E-state index >= 15 is 0 Å². The molecule has 0 saturated heterocycles. The van der Waals surface area contributed by atoms with Gasteiger partial charge in [0.1, 0.15) is 0 Å². The van der Waals surface area contributed by atoms with E-state index in [1.165, 1.54) is 17.5 Å². The topological polar surface area (TPSA) is 21.3 Å².